The molecule has 1 amide bonds. The lowest BCUT2D eigenvalue weighted by atomic mass is 9.95. The van der Waals surface area contributed by atoms with Crippen molar-refractivity contribution in [1.82, 2.24) is 4.98 Å². The number of hydrogen-bond donors (Lipinski definition) is 1. The molecule has 1 aromatic heterocycles. The maximum atomic E-state index is 13.5. The lowest BCUT2D eigenvalue weighted by molar-refractivity contribution is -0.132. The van der Waals surface area contributed by atoms with Crippen molar-refractivity contribution >= 4 is 60.1 Å². The monoisotopic (exact) mass is 578 g/mol. The number of ketones is 1. The van der Waals surface area contributed by atoms with Gasteiger partial charge < -0.3 is 14.6 Å². The van der Waals surface area contributed by atoms with E-state index >= 15 is 0 Å². The highest BCUT2D eigenvalue weighted by atomic mass is 79.9. The number of hydrogen-bond acceptors (Lipinski definition) is 7. The number of halogens is 1. The van der Waals surface area contributed by atoms with Crippen LogP contribution in [-0.4, -0.2) is 35.0 Å². The third-order valence-corrected chi connectivity index (χ3v) is 7.40. The first-order chi connectivity index (χ1) is 17.9. The molecule has 0 radical (unpaired) electrons. The number of rotatable bonds is 7. The van der Waals surface area contributed by atoms with E-state index in [4.69, 9.17) is 9.47 Å². The summed E-state index contributed by atoms with van der Waals surface area (Å²) in [6.07, 6.45) is 0. The van der Waals surface area contributed by atoms with Crippen LogP contribution in [0.2, 0.25) is 0 Å². The SMILES string of the molecule is CCOc1cccc(/C(O)=C2\C(=O)C(=O)N(c3nc4ccc(OCC)cc4s3)C2c2cccc(Br)c2)c1. The number of nitrogens with zero attached hydrogens (tertiary/aromatic N) is 2. The van der Waals surface area contributed by atoms with Crippen LogP contribution in [0.4, 0.5) is 5.13 Å². The zero-order chi connectivity index (χ0) is 26.1. The molecule has 0 bridgehead atoms. The van der Waals surface area contributed by atoms with Gasteiger partial charge in [0, 0.05) is 10.0 Å². The van der Waals surface area contributed by atoms with Gasteiger partial charge >= 0.3 is 5.91 Å². The summed E-state index contributed by atoms with van der Waals surface area (Å²) >= 11 is 4.77. The van der Waals surface area contributed by atoms with Gasteiger partial charge in [-0.05, 0) is 61.9 Å². The third-order valence-electron chi connectivity index (χ3n) is 5.89. The van der Waals surface area contributed by atoms with Crippen molar-refractivity contribution in [3.63, 3.8) is 0 Å². The largest absolute Gasteiger partial charge is 0.507 e. The zero-order valence-corrected chi connectivity index (χ0v) is 22.5. The van der Waals surface area contributed by atoms with Gasteiger partial charge in [0.15, 0.2) is 5.13 Å². The summed E-state index contributed by atoms with van der Waals surface area (Å²) in [7, 11) is 0. The van der Waals surface area contributed by atoms with Crippen LogP contribution in [-0.2, 0) is 9.59 Å². The van der Waals surface area contributed by atoms with Gasteiger partial charge in [0.25, 0.3) is 5.78 Å². The average Bonchev–Trinajstić information content (AvgIpc) is 3.42. The minimum Gasteiger partial charge on any atom is -0.507 e. The third kappa shape index (κ3) is 4.72. The summed E-state index contributed by atoms with van der Waals surface area (Å²) in [4.78, 5) is 32.9. The number of anilines is 1. The number of aliphatic hydroxyl groups excluding tert-OH is 1. The molecule has 5 rings (SSSR count). The summed E-state index contributed by atoms with van der Waals surface area (Å²) in [5, 5.41) is 11.7. The Hall–Kier alpha value is -3.69. The number of ether oxygens (including phenoxy) is 2. The molecule has 4 aromatic rings. The first-order valence-electron chi connectivity index (χ1n) is 11.7. The number of Topliss-reactive ketones (excluding diaryl/α,β-unsaturated/α-hetero) is 1. The second kappa shape index (κ2) is 10.4. The number of aliphatic hydroxyl groups is 1. The van der Waals surface area contributed by atoms with Gasteiger partial charge in [0.05, 0.1) is 35.0 Å². The van der Waals surface area contributed by atoms with E-state index in [2.05, 4.69) is 20.9 Å². The molecule has 7 nitrogen and oxygen atoms in total. The molecule has 1 aliphatic heterocycles. The molecule has 0 aliphatic carbocycles. The van der Waals surface area contributed by atoms with Crippen LogP contribution in [0.3, 0.4) is 0 Å². The minimum absolute atomic E-state index is 0.00832. The van der Waals surface area contributed by atoms with Crippen LogP contribution in [0.25, 0.3) is 16.0 Å². The van der Waals surface area contributed by atoms with Crippen LogP contribution < -0.4 is 14.4 Å². The Morgan fingerprint density at radius 3 is 2.46 bits per heavy atom. The van der Waals surface area contributed by atoms with Crippen LogP contribution in [0.15, 0.2) is 76.8 Å². The number of amides is 1. The first kappa shape index (κ1) is 25.0. The maximum Gasteiger partial charge on any atom is 0.301 e. The molecule has 9 heteroatoms. The highest BCUT2D eigenvalue weighted by Gasteiger charge is 2.48. The number of fused-ring (bicyclic) bond motifs is 1. The molecular formula is C28H23BrN2O5S. The number of aromatic nitrogens is 1. The second-order valence-corrected chi connectivity index (χ2v) is 10.2. The van der Waals surface area contributed by atoms with E-state index in [-0.39, 0.29) is 11.3 Å². The van der Waals surface area contributed by atoms with Gasteiger partial charge in [0.1, 0.15) is 17.3 Å². The predicted molar refractivity (Wildman–Crippen MR) is 147 cm³/mol. The summed E-state index contributed by atoms with van der Waals surface area (Å²) in [6.45, 7) is 4.75. The molecule has 3 aromatic carbocycles. The summed E-state index contributed by atoms with van der Waals surface area (Å²) in [5.41, 5.74) is 1.72. The lowest BCUT2D eigenvalue weighted by Crippen LogP contribution is -2.29. The summed E-state index contributed by atoms with van der Waals surface area (Å²) < 4.78 is 12.8. The number of carbonyl (C=O) groups is 2. The van der Waals surface area contributed by atoms with E-state index in [1.165, 1.54) is 16.2 Å². The van der Waals surface area contributed by atoms with Crippen molar-refractivity contribution in [2.24, 2.45) is 0 Å². The van der Waals surface area contributed by atoms with Crippen molar-refractivity contribution < 1.29 is 24.2 Å². The Balaban J connectivity index is 1.68. The zero-order valence-electron chi connectivity index (χ0n) is 20.1. The quantitative estimate of drug-likeness (QED) is 0.153. The van der Waals surface area contributed by atoms with Crippen LogP contribution >= 0.6 is 27.3 Å². The van der Waals surface area contributed by atoms with Crippen molar-refractivity contribution in [3.8, 4) is 11.5 Å². The van der Waals surface area contributed by atoms with E-state index in [0.29, 0.717) is 46.5 Å². The Kier molecular flexibility index (Phi) is 6.99. The predicted octanol–water partition coefficient (Wildman–Crippen LogP) is 6.48. The highest BCUT2D eigenvalue weighted by molar-refractivity contribution is 9.10. The minimum atomic E-state index is -0.875. The molecule has 0 spiro atoms. The van der Waals surface area contributed by atoms with Crippen LogP contribution in [0, 0.1) is 0 Å². The molecule has 1 saturated heterocycles. The van der Waals surface area contributed by atoms with Crippen molar-refractivity contribution in [1.29, 1.82) is 0 Å². The van der Waals surface area contributed by atoms with Gasteiger partial charge in [-0.3, -0.25) is 14.5 Å². The van der Waals surface area contributed by atoms with Gasteiger partial charge in [-0.1, -0.05) is 51.5 Å². The molecule has 1 N–H and O–H groups in total. The van der Waals surface area contributed by atoms with Gasteiger partial charge in [-0.25, -0.2) is 4.98 Å². The Morgan fingerprint density at radius 2 is 1.73 bits per heavy atom. The summed E-state index contributed by atoms with van der Waals surface area (Å²) in [5.74, 6) is -0.553. The molecule has 0 saturated carbocycles. The molecule has 2 heterocycles. The van der Waals surface area contributed by atoms with E-state index < -0.39 is 17.7 Å². The molecule has 1 aliphatic rings. The van der Waals surface area contributed by atoms with Gasteiger partial charge in [-0.2, -0.15) is 0 Å². The molecular weight excluding hydrogens is 556 g/mol. The topological polar surface area (TPSA) is 89.0 Å². The van der Waals surface area contributed by atoms with Gasteiger partial charge in [0.2, 0.25) is 0 Å². The second-order valence-electron chi connectivity index (χ2n) is 8.24. The summed E-state index contributed by atoms with van der Waals surface area (Å²) in [6, 6.07) is 18.8. The Morgan fingerprint density at radius 1 is 1.00 bits per heavy atom. The highest BCUT2D eigenvalue weighted by Crippen LogP contribution is 2.45. The molecule has 37 heavy (non-hydrogen) atoms. The van der Waals surface area contributed by atoms with Crippen LogP contribution in [0.5, 0.6) is 11.5 Å². The fourth-order valence-corrected chi connectivity index (χ4v) is 5.77. The molecule has 1 atom stereocenters. The molecule has 188 valence electrons. The maximum absolute atomic E-state index is 13.5. The van der Waals surface area contributed by atoms with Gasteiger partial charge in [-0.15, -0.1) is 0 Å². The normalized spacial score (nSPS) is 16.9. The van der Waals surface area contributed by atoms with E-state index in [0.717, 1.165) is 9.17 Å². The molecule has 1 unspecified atom stereocenters. The first-order valence-corrected chi connectivity index (χ1v) is 13.3. The fourth-order valence-electron chi connectivity index (χ4n) is 4.33. The lowest BCUT2D eigenvalue weighted by Gasteiger charge is -2.23. The Bertz CT molecular complexity index is 1550. The number of thiazole rings is 1. The van der Waals surface area contributed by atoms with Crippen molar-refractivity contribution in [3.05, 3.63) is 87.9 Å². The fraction of sp³-hybridized carbons (Fsp3) is 0.179. The van der Waals surface area contributed by atoms with E-state index in [1.54, 1.807) is 24.3 Å². The Labute approximate surface area is 226 Å². The standard InChI is InChI=1S/C28H23BrN2O5S/c1-3-35-19-10-6-8-17(14-19)25(32)23-24(16-7-5-9-18(29)13-16)31(27(34)26(23)33)28-30-21-12-11-20(36-4-2)15-22(21)37-28/h5-15,24,32H,3-4H2,1-2H3/b25-23+. The van der Waals surface area contributed by atoms with E-state index in [1.807, 2.05) is 56.3 Å². The molecule has 1 fully saturated rings. The average molecular weight is 579 g/mol. The number of benzene rings is 3. The van der Waals surface area contributed by atoms with E-state index in [9.17, 15) is 14.7 Å². The van der Waals surface area contributed by atoms with Crippen molar-refractivity contribution in [2.45, 2.75) is 19.9 Å². The van der Waals surface area contributed by atoms with Crippen LogP contribution in [0.1, 0.15) is 31.0 Å². The number of carbonyl (C=O) groups excluding carboxylic acids is 2. The van der Waals surface area contributed by atoms with Crippen molar-refractivity contribution in [2.75, 3.05) is 18.1 Å². The smallest absolute Gasteiger partial charge is 0.301 e.